The minimum absolute atomic E-state index is 0.0175. The van der Waals surface area contributed by atoms with Crippen molar-refractivity contribution in [1.29, 1.82) is 0 Å². The van der Waals surface area contributed by atoms with E-state index in [1.165, 1.54) is 23.5 Å². The Kier molecular flexibility index (Phi) is 17.4. The molecule has 0 aliphatic carbocycles. The zero-order valence-corrected chi connectivity index (χ0v) is 38.9. The fraction of sp³-hybridized carbons (Fsp3) is 0.241. The number of benzene rings is 5. The Morgan fingerprint density at radius 2 is 1.17 bits per heavy atom. The first-order valence-electron chi connectivity index (χ1n) is 22.9. The van der Waals surface area contributed by atoms with Gasteiger partial charge in [0.05, 0.1) is 6.42 Å². The maximum absolute atomic E-state index is 14.8. The van der Waals surface area contributed by atoms with Crippen LogP contribution in [0.3, 0.4) is 0 Å². The summed E-state index contributed by atoms with van der Waals surface area (Å²) in [5, 5.41) is 39.2. The second-order valence-electron chi connectivity index (χ2n) is 17.1. The van der Waals surface area contributed by atoms with Crippen LogP contribution in [0.5, 0.6) is 0 Å². The predicted molar refractivity (Wildman–Crippen MR) is 265 cm³/mol. The molecular weight excluding hydrogens is 909 g/mol. The normalized spacial score (nSPS) is 19.8. The van der Waals surface area contributed by atoms with Gasteiger partial charge in [-0.1, -0.05) is 133 Å². The maximum atomic E-state index is 14.8. The van der Waals surface area contributed by atoms with Gasteiger partial charge in [0.25, 0.3) is 5.91 Å². The molecular formula is C54H54N6O9S. The smallest absolute Gasteiger partial charge is 0.326 e. The summed E-state index contributed by atoms with van der Waals surface area (Å²) in [5.74, 6) is -6.01. The Hall–Kier alpha value is -7.95. The van der Waals surface area contributed by atoms with Gasteiger partial charge in [0.1, 0.15) is 36.3 Å². The van der Waals surface area contributed by atoms with Crippen molar-refractivity contribution in [3.63, 3.8) is 0 Å². The lowest BCUT2D eigenvalue weighted by atomic mass is 9.98. The van der Waals surface area contributed by atoms with Gasteiger partial charge in [-0.05, 0) is 69.8 Å². The van der Waals surface area contributed by atoms with Crippen molar-refractivity contribution >= 4 is 58.4 Å². The number of hydrogen-bond acceptors (Lipinski definition) is 9. The fourth-order valence-corrected chi connectivity index (χ4v) is 8.78. The lowest BCUT2D eigenvalue weighted by Crippen LogP contribution is -2.60. The molecule has 6 aromatic rings. The van der Waals surface area contributed by atoms with Crippen molar-refractivity contribution in [3.8, 4) is 11.1 Å². The molecule has 6 atom stereocenters. The molecule has 0 saturated carbocycles. The van der Waals surface area contributed by atoms with Gasteiger partial charge >= 0.3 is 5.97 Å². The minimum Gasteiger partial charge on any atom is -0.480 e. The van der Waals surface area contributed by atoms with E-state index in [1.54, 1.807) is 54.6 Å². The molecule has 1 aromatic heterocycles. The number of carboxylic acids is 1. The Labute approximate surface area is 409 Å². The van der Waals surface area contributed by atoms with Crippen molar-refractivity contribution in [3.05, 3.63) is 184 Å². The van der Waals surface area contributed by atoms with Gasteiger partial charge in [-0.3, -0.25) is 28.8 Å². The summed E-state index contributed by atoms with van der Waals surface area (Å²) in [6.07, 6.45) is -2.34. The molecule has 8 N–H and O–H groups in total. The summed E-state index contributed by atoms with van der Waals surface area (Å²) < 4.78 is 0. The van der Waals surface area contributed by atoms with Crippen LogP contribution in [0.2, 0.25) is 0 Å². The van der Waals surface area contributed by atoms with Crippen LogP contribution < -0.4 is 31.9 Å². The summed E-state index contributed by atoms with van der Waals surface area (Å²) in [6, 6.07) is 38.3. The number of carbonyl (C=O) groups is 7. The molecule has 70 heavy (non-hydrogen) atoms. The third-order valence-electron chi connectivity index (χ3n) is 11.8. The van der Waals surface area contributed by atoms with Gasteiger partial charge in [0.2, 0.25) is 29.5 Å². The van der Waals surface area contributed by atoms with E-state index < -0.39 is 84.1 Å². The van der Waals surface area contributed by atoms with Crippen molar-refractivity contribution in [1.82, 2.24) is 26.6 Å². The molecule has 8 rings (SSSR count). The van der Waals surface area contributed by atoms with Crippen molar-refractivity contribution in [2.45, 2.75) is 81.3 Å². The first-order valence-corrected chi connectivity index (χ1v) is 23.8. The molecule has 5 aromatic carbocycles. The van der Waals surface area contributed by atoms with E-state index in [2.05, 4.69) is 31.9 Å². The minimum atomic E-state index is -1.81. The van der Waals surface area contributed by atoms with Crippen LogP contribution in [0.15, 0.2) is 157 Å². The van der Waals surface area contributed by atoms with Crippen LogP contribution in [0.1, 0.15) is 40.0 Å². The lowest BCUT2D eigenvalue weighted by molar-refractivity contribution is -0.142. The third-order valence-corrected chi connectivity index (χ3v) is 12.7. The molecule has 6 unspecified atom stereocenters. The Bertz CT molecular complexity index is 2720. The van der Waals surface area contributed by atoms with Crippen molar-refractivity contribution in [2.75, 3.05) is 5.32 Å². The number of aryl methyl sites for hydroxylation is 1. The number of nitrogens with one attached hydrogen (secondary N) is 6. The number of thiophene rings is 1. The fourth-order valence-electron chi connectivity index (χ4n) is 8.03. The van der Waals surface area contributed by atoms with Crippen LogP contribution in [0.4, 0.5) is 5.69 Å². The maximum Gasteiger partial charge on any atom is 0.326 e. The number of aliphatic hydroxyl groups is 1. The van der Waals surface area contributed by atoms with Gasteiger partial charge in [-0.2, -0.15) is 0 Å². The molecule has 2 aliphatic heterocycles. The number of anilines is 1. The molecule has 0 fully saturated rings. The highest BCUT2D eigenvalue weighted by atomic mass is 32.1. The highest BCUT2D eigenvalue weighted by Crippen LogP contribution is 2.21. The van der Waals surface area contributed by atoms with Gasteiger partial charge in [-0.15, -0.1) is 11.3 Å². The van der Waals surface area contributed by atoms with Crippen molar-refractivity contribution < 1.29 is 43.8 Å². The highest BCUT2D eigenvalue weighted by Gasteiger charge is 2.34. The number of fused-ring (bicyclic) bond motifs is 18. The molecule has 16 heteroatoms. The molecule has 2 bridgehead atoms. The monoisotopic (exact) mass is 962 g/mol. The summed E-state index contributed by atoms with van der Waals surface area (Å²) in [5.41, 5.74) is 4.82. The van der Waals surface area contributed by atoms with E-state index in [9.17, 15) is 43.8 Å². The third kappa shape index (κ3) is 14.5. The second-order valence-corrected chi connectivity index (χ2v) is 18.1. The number of hydrogen-bond donors (Lipinski definition) is 8. The summed E-state index contributed by atoms with van der Waals surface area (Å²) in [6.45, 7) is 0. The van der Waals surface area contributed by atoms with Crippen molar-refractivity contribution in [2.24, 2.45) is 0 Å². The average molecular weight is 963 g/mol. The number of rotatable bonds is 13. The van der Waals surface area contributed by atoms with E-state index in [4.69, 9.17) is 0 Å². The van der Waals surface area contributed by atoms with E-state index in [0.29, 0.717) is 23.1 Å². The Morgan fingerprint density at radius 3 is 1.80 bits per heavy atom. The molecule has 15 nitrogen and oxygen atoms in total. The SMILES string of the molecule is O=C1CC(O)C(=O)Nc2ccc(cc2)CC(C(=O)NC(Cc2ccccc2)C(=O)O)NC(=O)C(CCc2ccccc2)NC(=O)C(Cc2ccc(-c3ccccc3)cc2)NC(=O)C(Cc2cccs2)N1. The van der Waals surface area contributed by atoms with Gasteiger partial charge in [-0.25, -0.2) is 4.79 Å². The summed E-state index contributed by atoms with van der Waals surface area (Å²) in [4.78, 5) is 98.0. The van der Waals surface area contributed by atoms with Crippen LogP contribution in [0, 0.1) is 0 Å². The summed E-state index contributed by atoms with van der Waals surface area (Å²) in [7, 11) is 0. The number of carboxylic acid groups (broad SMARTS) is 1. The number of amides is 6. The van der Waals surface area contributed by atoms with E-state index in [-0.39, 0.29) is 37.8 Å². The van der Waals surface area contributed by atoms with E-state index in [1.807, 2.05) is 90.3 Å². The second kappa shape index (κ2) is 24.4. The lowest BCUT2D eigenvalue weighted by Gasteiger charge is -2.27. The van der Waals surface area contributed by atoms with Crippen LogP contribution >= 0.6 is 11.3 Å². The molecule has 6 amide bonds. The quantitative estimate of drug-likeness (QED) is 0.0760. The average Bonchev–Trinajstić information content (AvgIpc) is 3.89. The van der Waals surface area contributed by atoms with Gasteiger partial charge in [0, 0.05) is 36.2 Å². The topological polar surface area (TPSA) is 232 Å². The van der Waals surface area contributed by atoms with Gasteiger partial charge < -0.3 is 42.1 Å². The van der Waals surface area contributed by atoms with Crippen LogP contribution in [0.25, 0.3) is 11.1 Å². The molecule has 2 aliphatic rings. The molecule has 0 spiro atoms. The molecule has 360 valence electrons. The molecule has 0 radical (unpaired) electrons. The number of carbonyl (C=O) groups excluding carboxylic acids is 6. The molecule has 0 saturated heterocycles. The van der Waals surface area contributed by atoms with Gasteiger partial charge in [0.15, 0.2) is 0 Å². The zero-order chi connectivity index (χ0) is 49.4. The number of aliphatic hydroxyl groups excluding tert-OH is 1. The predicted octanol–water partition coefficient (Wildman–Crippen LogP) is 4.53. The number of aliphatic carboxylic acids is 1. The van der Waals surface area contributed by atoms with Crippen LogP contribution in [-0.2, 0) is 65.7 Å². The Balaban J connectivity index is 1.24. The van der Waals surface area contributed by atoms with E-state index >= 15 is 0 Å². The largest absolute Gasteiger partial charge is 0.480 e. The van der Waals surface area contributed by atoms with E-state index in [0.717, 1.165) is 21.6 Å². The summed E-state index contributed by atoms with van der Waals surface area (Å²) >= 11 is 1.35. The van der Waals surface area contributed by atoms with Crippen LogP contribution in [-0.4, -0.2) is 87.9 Å². The highest BCUT2D eigenvalue weighted by molar-refractivity contribution is 7.09. The standard InChI is InChI=1S/C54H54N6O9S/c61-47-33-48(62)56-45(32-41-17-10-28-70-41)52(66)59-43(29-36-18-23-39(24-19-36)38-15-8-3-9-16-38)50(64)57-42(27-22-34-11-4-1-5-12-34)49(63)58-44(30-37-20-25-40(26-21-37)55-53(47)67)51(65)60-46(54(68)69)31-35-13-6-2-7-14-35/h1-21,23-26,28,42-47,61H,22,27,29-33H2,(H,55,67)(H,56,62)(H,57,64)(H,58,63)(H,59,66)(H,60,65)(H,68,69). The first-order chi connectivity index (χ1) is 33.9. The first kappa shape index (κ1) is 49.9. The zero-order valence-electron chi connectivity index (χ0n) is 38.1. The Morgan fingerprint density at radius 1 is 0.586 bits per heavy atom. The molecule has 3 heterocycles.